The Balaban J connectivity index is 1.35. The van der Waals surface area contributed by atoms with Crippen LogP contribution in [0.2, 0.25) is 0 Å². The van der Waals surface area contributed by atoms with Gasteiger partial charge in [-0.05, 0) is 51.5 Å². The average Bonchev–Trinajstić information content (AvgIpc) is 2.94. The predicted molar refractivity (Wildman–Crippen MR) is 94.0 cm³/mol. The Bertz CT molecular complexity index is 434. The van der Waals surface area contributed by atoms with Crippen LogP contribution in [0, 0.1) is 0 Å². The molecule has 0 aromatic rings. The maximum atomic E-state index is 13.2. The third-order valence-corrected chi connectivity index (χ3v) is 6.67. The van der Waals surface area contributed by atoms with Crippen molar-refractivity contribution in [1.82, 2.24) is 14.7 Å². The highest BCUT2D eigenvalue weighted by molar-refractivity contribution is 5.82. The van der Waals surface area contributed by atoms with Crippen molar-refractivity contribution in [3.8, 4) is 0 Å². The summed E-state index contributed by atoms with van der Waals surface area (Å²) >= 11 is 0. The standard InChI is InChI=1S/C19H33N3O2/c23-19(18-6-2-11-22(18)17-7-14-24-15-8-17)21-10-3-9-20(12-13-21)16-4-1-5-16/h16-18H,1-15H2/t18-/m1/s1. The second-order valence-corrected chi connectivity index (χ2v) is 8.04. The van der Waals surface area contributed by atoms with Gasteiger partial charge in [-0.2, -0.15) is 0 Å². The van der Waals surface area contributed by atoms with E-state index in [1.165, 1.54) is 32.2 Å². The fourth-order valence-corrected chi connectivity index (χ4v) is 4.99. The molecule has 5 nitrogen and oxygen atoms in total. The molecule has 4 aliphatic rings. The normalized spacial score (nSPS) is 31.8. The summed E-state index contributed by atoms with van der Waals surface area (Å²) in [7, 11) is 0. The fourth-order valence-electron chi connectivity index (χ4n) is 4.99. The smallest absolute Gasteiger partial charge is 0.239 e. The molecule has 0 spiro atoms. The lowest BCUT2D eigenvalue weighted by atomic mass is 9.91. The van der Waals surface area contributed by atoms with Crippen LogP contribution in [0.15, 0.2) is 0 Å². The molecule has 136 valence electrons. The molecule has 3 saturated heterocycles. The number of hydrogen-bond donors (Lipinski definition) is 0. The second-order valence-electron chi connectivity index (χ2n) is 8.04. The summed E-state index contributed by atoms with van der Waals surface area (Å²) < 4.78 is 5.51. The van der Waals surface area contributed by atoms with Gasteiger partial charge in [0.05, 0.1) is 6.04 Å². The van der Waals surface area contributed by atoms with Gasteiger partial charge >= 0.3 is 0 Å². The van der Waals surface area contributed by atoms with E-state index in [4.69, 9.17) is 4.74 Å². The number of carbonyl (C=O) groups excluding carboxylic acids is 1. The number of amides is 1. The first-order chi connectivity index (χ1) is 11.8. The first kappa shape index (κ1) is 16.8. The van der Waals surface area contributed by atoms with E-state index in [0.717, 1.165) is 71.1 Å². The van der Waals surface area contributed by atoms with Crippen molar-refractivity contribution in [2.75, 3.05) is 45.9 Å². The molecule has 0 aromatic carbocycles. The van der Waals surface area contributed by atoms with Gasteiger partial charge in [-0.25, -0.2) is 0 Å². The maximum absolute atomic E-state index is 13.2. The third kappa shape index (κ3) is 3.49. The number of rotatable bonds is 3. The number of hydrogen-bond acceptors (Lipinski definition) is 4. The third-order valence-electron chi connectivity index (χ3n) is 6.67. The molecule has 0 unspecified atom stereocenters. The quantitative estimate of drug-likeness (QED) is 0.787. The Labute approximate surface area is 146 Å². The zero-order valence-corrected chi connectivity index (χ0v) is 15.0. The van der Waals surface area contributed by atoms with Crippen LogP contribution in [-0.4, -0.2) is 84.7 Å². The van der Waals surface area contributed by atoms with Crippen LogP contribution in [0.1, 0.15) is 51.4 Å². The van der Waals surface area contributed by atoms with Crippen molar-refractivity contribution in [2.24, 2.45) is 0 Å². The second kappa shape index (κ2) is 7.71. The van der Waals surface area contributed by atoms with E-state index >= 15 is 0 Å². The molecular weight excluding hydrogens is 302 g/mol. The van der Waals surface area contributed by atoms with Crippen molar-refractivity contribution in [3.05, 3.63) is 0 Å². The molecule has 0 aromatic heterocycles. The van der Waals surface area contributed by atoms with Crippen LogP contribution in [-0.2, 0) is 9.53 Å². The van der Waals surface area contributed by atoms with E-state index in [1.54, 1.807) is 0 Å². The van der Waals surface area contributed by atoms with E-state index in [9.17, 15) is 4.79 Å². The molecule has 4 rings (SSSR count). The average molecular weight is 335 g/mol. The van der Waals surface area contributed by atoms with Gasteiger partial charge in [-0.3, -0.25) is 14.6 Å². The topological polar surface area (TPSA) is 36.0 Å². The molecule has 0 radical (unpaired) electrons. The molecule has 0 N–H and O–H groups in total. The lowest BCUT2D eigenvalue weighted by Crippen LogP contribution is -2.51. The van der Waals surface area contributed by atoms with Crippen LogP contribution in [0.5, 0.6) is 0 Å². The number of ether oxygens (including phenoxy) is 1. The van der Waals surface area contributed by atoms with Crippen molar-refractivity contribution in [1.29, 1.82) is 0 Å². The molecule has 3 heterocycles. The van der Waals surface area contributed by atoms with Crippen molar-refractivity contribution in [2.45, 2.75) is 69.5 Å². The summed E-state index contributed by atoms with van der Waals surface area (Å²) in [5.74, 6) is 0.412. The van der Waals surface area contributed by atoms with Crippen molar-refractivity contribution < 1.29 is 9.53 Å². The summed E-state index contributed by atoms with van der Waals surface area (Å²) in [6.07, 6.45) is 9.70. The fraction of sp³-hybridized carbons (Fsp3) is 0.947. The van der Waals surface area contributed by atoms with Crippen LogP contribution in [0.25, 0.3) is 0 Å². The Morgan fingerprint density at radius 1 is 0.750 bits per heavy atom. The van der Waals surface area contributed by atoms with Crippen molar-refractivity contribution in [3.63, 3.8) is 0 Å². The van der Waals surface area contributed by atoms with Crippen LogP contribution >= 0.6 is 0 Å². The minimum absolute atomic E-state index is 0.142. The Hall–Kier alpha value is -0.650. The van der Waals surface area contributed by atoms with Gasteiger partial charge in [0.1, 0.15) is 0 Å². The summed E-state index contributed by atoms with van der Waals surface area (Å²) in [5.41, 5.74) is 0. The summed E-state index contributed by atoms with van der Waals surface area (Å²) in [4.78, 5) is 20.5. The Kier molecular flexibility index (Phi) is 5.40. The number of carbonyl (C=O) groups is 1. The molecule has 0 bridgehead atoms. The molecule has 5 heteroatoms. The first-order valence-corrected chi connectivity index (χ1v) is 10.2. The molecule has 1 atom stereocenters. The summed E-state index contributed by atoms with van der Waals surface area (Å²) in [6, 6.07) is 1.52. The van der Waals surface area contributed by atoms with Gasteiger partial charge in [0.2, 0.25) is 5.91 Å². The SMILES string of the molecule is O=C([C@H]1CCCN1C1CCOCC1)N1CCCN(C2CCC2)CC1. The highest BCUT2D eigenvalue weighted by Crippen LogP contribution is 2.28. The van der Waals surface area contributed by atoms with Gasteiger partial charge in [0, 0.05) is 51.5 Å². The van der Waals surface area contributed by atoms with E-state index in [0.29, 0.717) is 11.9 Å². The Morgan fingerprint density at radius 3 is 2.33 bits per heavy atom. The first-order valence-electron chi connectivity index (χ1n) is 10.2. The van der Waals surface area contributed by atoms with Gasteiger partial charge in [-0.15, -0.1) is 0 Å². The monoisotopic (exact) mass is 335 g/mol. The molecule has 1 saturated carbocycles. The van der Waals surface area contributed by atoms with Crippen LogP contribution < -0.4 is 0 Å². The molecular formula is C19H33N3O2. The minimum Gasteiger partial charge on any atom is -0.381 e. The van der Waals surface area contributed by atoms with E-state index in [-0.39, 0.29) is 6.04 Å². The number of likely N-dealkylation sites (tertiary alicyclic amines) is 1. The zero-order chi connectivity index (χ0) is 16.4. The predicted octanol–water partition coefficient (Wildman–Crippen LogP) is 1.72. The Morgan fingerprint density at radius 2 is 1.58 bits per heavy atom. The van der Waals surface area contributed by atoms with Gasteiger partial charge < -0.3 is 9.64 Å². The zero-order valence-electron chi connectivity index (χ0n) is 15.0. The molecule has 1 amide bonds. The highest BCUT2D eigenvalue weighted by Gasteiger charge is 2.38. The molecule has 24 heavy (non-hydrogen) atoms. The van der Waals surface area contributed by atoms with Gasteiger partial charge in [0.15, 0.2) is 0 Å². The largest absolute Gasteiger partial charge is 0.381 e. The lowest BCUT2D eigenvalue weighted by molar-refractivity contribution is -0.137. The molecule has 4 fully saturated rings. The van der Waals surface area contributed by atoms with Crippen LogP contribution in [0.4, 0.5) is 0 Å². The maximum Gasteiger partial charge on any atom is 0.239 e. The lowest BCUT2D eigenvalue weighted by Gasteiger charge is -2.37. The van der Waals surface area contributed by atoms with E-state index < -0.39 is 0 Å². The minimum atomic E-state index is 0.142. The number of nitrogens with zero attached hydrogens (tertiary/aromatic N) is 3. The molecule has 1 aliphatic carbocycles. The summed E-state index contributed by atoms with van der Waals surface area (Å²) in [6.45, 7) is 6.99. The summed E-state index contributed by atoms with van der Waals surface area (Å²) in [5, 5.41) is 0. The van der Waals surface area contributed by atoms with E-state index in [1.807, 2.05) is 0 Å². The molecule has 3 aliphatic heterocycles. The highest BCUT2D eigenvalue weighted by atomic mass is 16.5. The van der Waals surface area contributed by atoms with Gasteiger partial charge in [0.25, 0.3) is 0 Å². The van der Waals surface area contributed by atoms with Gasteiger partial charge in [-0.1, -0.05) is 6.42 Å². The van der Waals surface area contributed by atoms with E-state index in [2.05, 4.69) is 14.7 Å². The van der Waals surface area contributed by atoms with Crippen LogP contribution in [0.3, 0.4) is 0 Å². The van der Waals surface area contributed by atoms with Crippen molar-refractivity contribution >= 4 is 5.91 Å².